The summed E-state index contributed by atoms with van der Waals surface area (Å²) in [5, 5.41) is 17.1. The van der Waals surface area contributed by atoms with Gasteiger partial charge in [0.25, 0.3) is 11.8 Å². The van der Waals surface area contributed by atoms with Gasteiger partial charge < -0.3 is 21.1 Å². The molecule has 2 aromatic rings. The molecule has 0 fully saturated rings. The normalized spacial score (nSPS) is 13.9. The number of carbonyl (C=O) groups is 3. The maximum atomic E-state index is 13.3. The van der Waals surface area contributed by atoms with Crippen molar-refractivity contribution in [3.8, 4) is 0 Å². The van der Waals surface area contributed by atoms with Gasteiger partial charge in [-0.2, -0.15) is 0 Å². The second kappa shape index (κ2) is 8.37. The molecule has 0 radical (unpaired) electrons. The molecule has 1 aliphatic rings. The van der Waals surface area contributed by atoms with Gasteiger partial charge in [-0.25, -0.2) is 9.18 Å². The van der Waals surface area contributed by atoms with Crippen LogP contribution < -0.4 is 16.0 Å². The van der Waals surface area contributed by atoms with Crippen molar-refractivity contribution in [3.63, 3.8) is 0 Å². The third-order valence-electron chi connectivity index (χ3n) is 4.31. The lowest BCUT2D eigenvalue weighted by Gasteiger charge is -2.20. The Kier molecular flexibility index (Phi) is 5.91. The fraction of sp³-hybridized carbons (Fsp3) is 0.211. The van der Waals surface area contributed by atoms with Crippen LogP contribution in [0.5, 0.6) is 0 Å². The lowest BCUT2D eigenvalue weighted by molar-refractivity contribution is -0.139. The van der Waals surface area contributed by atoms with Gasteiger partial charge in [0, 0.05) is 12.1 Å². The molecule has 0 aliphatic carbocycles. The maximum absolute atomic E-state index is 13.3. The average molecular weight is 406 g/mol. The first-order valence-electron chi connectivity index (χ1n) is 8.47. The minimum Gasteiger partial charge on any atom is -0.478 e. The first-order valence-corrected chi connectivity index (χ1v) is 8.85. The van der Waals surface area contributed by atoms with Crippen LogP contribution in [0.1, 0.15) is 31.8 Å². The van der Waals surface area contributed by atoms with Gasteiger partial charge in [0.05, 0.1) is 10.6 Å². The SMILES string of the molecule is O=C(NC(NC(=O)c1cc2c(cc1Cl)CNCC2)C(=O)O)c1cccc(F)c1. The predicted molar refractivity (Wildman–Crippen MR) is 99.6 cm³/mol. The van der Waals surface area contributed by atoms with Crippen molar-refractivity contribution in [2.24, 2.45) is 0 Å². The van der Waals surface area contributed by atoms with Crippen molar-refractivity contribution < 1.29 is 23.9 Å². The molecule has 4 N–H and O–H groups in total. The van der Waals surface area contributed by atoms with Gasteiger partial charge in [-0.1, -0.05) is 17.7 Å². The molecule has 0 saturated carbocycles. The molecule has 2 aromatic carbocycles. The highest BCUT2D eigenvalue weighted by Gasteiger charge is 2.25. The first-order chi connectivity index (χ1) is 13.3. The number of hydrogen-bond acceptors (Lipinski definition) is 4. The lowest BCUT2D eigenvalue weighted by atomic mass is 9.98. The van der Waals surface area contributed by atoms with E-state index >= 15 is 0 Å². The summed E-state index contributed by atoms with van der Waals surface area (Å²) in [6.07, 6.45) is -0.997. The fourth-order valence-electron chi connectivity index (χ4n) is 2.89. The van der Waals surface area contributed by atoms with Crippen molar-refractivity contribution >= 4 is 29.4 Å². The first kappa shape index (κ1) is 19.8. The quantitative estimate of drug-likeness (QED) is 0.566. The highest BCUT2D eigenvalue weighted by Crippen LogP contribution is 2.24. The van der Waals surface area contributed by atoms with Crippen LogP contribution in [0.4, 0.5) is 4.39 Å². The third kappa shape index (κ3) is 4.47. The lowest BCUT2D eigenvalue weighted by Crippen LogP contribution is -2.53. The zero-order valence-corrected chi connectivity index (χ0v) is 15.3. The highest BCUT2D eigenvalue weighted by atomic mass is 35.5. The number of halogens is 2. The number of hydrogen-bond donors (Lipinski definition) is 4. The number of carboxylic acid groups (broad SMARTS) is 1. The number of carbonyl (C=O) groups excluding carboxylic acids is 2. The number of nitrogens with one attached hydrogen (secondary N) is 3. The number of benzene rings is 2. The molecule has 28 heavy (non-hydrogen) atoms. The van der Waals surface area contributed by atoms with Gasteiger partial charge in [0.1, 0.15) is 5.82 Å². The van der Waals surface area contributed by atoms with Crippen LogP contribution in [0, 0.1) is 5.82 Å². The number of carboxylic acids is 1. The van der Waals surface area contributed by atoms with Gasteiger partial charge in [-0.15, -0.1) is 0 Å². The van der Waals surface area contributed by atoms with Crippen molar-refractivity contribution in [2.75, 3.05) is 6.54 Å². The summed E-state index contributed by atoms with van der Waals surface area (Å²) in [6.45, 7) is 1.40. The molecule has 2 amide bonds. The van der Waals surface area contributed by atoms with Crippen molar-refractivity contribution in [3.05, 3.63) is 69.5 Å². The molecule has 9 heteroatoms. The Labute approximate surface area is 164 Å². The van der Waals surface area contributed by atoms with E-state index in [9.17, 15) is 23.9 Å². The monoisotopic (exact) mass is 405 g/mol. The highest BCUT2D eigenvalue weighted by molar-refractivity contribution is 6.34. The summed E-state index contributed by atoms with van der Waals surface area (Å²) in [7, 11) is 0. The molecule has 7 nitrogen and oxygen atoms in total. The zero-order chi connectivity index (χ0) is 20.3. The summed E-state index contributed by atoms with van der Waals surface area (Å²) in [6, 6.07) is 8.05. The van der Waals surface area contributed by atoms with Crippen LogP contribution in [0.15, 0.2) is 36.4 Å². The molecule has 0 bridgehead atoms. The van der Waals surface area contributed by atoms with Crippen molar-refractivity contribution in [1.82, 2.24) is 16.0 Å². The summed E-state index contributed by atoms with van der Waals surface area (Å²) in [5.41, 5.74) is 1.97. The minimum atomic E-state index is -1.71. The van der Waals surface area contributed by atoms with Crippen LogP contribution in [-0.2, 0) is 17.8 Å². The Bertz CT molecular complexity index is 951. The van der Waals surface area contributed by atoms with E-state index in [1.807, 2.05) is 0 Å². The second-order valence-electron chi connectivity index (χ2n) is 6.26. The van der Waals surface area contributed by atoms with E-state index in [4.69, 9.17) is 11.6 Å². The van der Waals surface area contributed by atoms with Gasteiger partial charge in [-0.3, -0.25) is 9.59 Å². The molecule has 1 aliphatic heterocycles. The van der Waals surface area contributed by atoms with E-state index in [2.05, 4.69) is 16.0 Å². The molecule has 1 heterocycles. The summed E-state index contributed by atoms with van der Waals surface area (Å²) >= 11 is 6.17. The van der Waals surface area contributed by atoms with Gasteiger partial charge in [0.15, 0.2) is 0 Å². The average Bonchev–Trinajstić information content (AvgIpc) is 2.66. The number of aliphatic carboxylic acids is 1. The van der Waals surface area contributed by atoms with Gasteiger partial charge in [-0.05, 0) is 54.4 Å². The molecular weight excluding hydrogens is 389 g/mol. The minimum absolute atomic E-state index is 0.0696. The molecule has 0 spiro atoms. The van der Waals surface area contributed by atoms with E-state index in [0.29, 0.717) is 13.0 Å². The zero-order valence-electron chi connectivity index (χ0n) is 14.6. The Balaban J connectivity index is 1.76. The Hall–Kier alpha value is -2.97. The Morgan fingerprint density at radius 3 is 2.57 bits per heavy atom. The third-order valence-corrected chi connectivity index (χ3v) is 4.62. The van der Waals surface area contributed by atoms with Crippen LogP contribution in [0.25, 0.3) is 0 Å². The van der Waals surface area contributed by atoms with E-state index < -0.39 is 29.8 Å². The molecule has 1 unspecified atom stereocenters. The van der Waals surface area contributed by atoms with Gasteiger partial charge >= 0.3 is 5.97 Å². The molecule has 3 rings (SSSR count). The number of rotatable bonds is 5. The molecular formula is C19H17ClFN3O4. The van der Waals surface area contributed by atoms with Crippen molar-refractivity contribution in [1.29, 1.82) is 0 Å². The molecule has 0 saturated heterocycles. The smallest absolute Gasteiger partial charge is 0.347 e. The van der Waals surface area contributed by atoms with Gasteiger partial charge in [0.2, 0.25) is 6.17 Å². The summed E-state index contributed by atoms with van der Waals surface area (Å²) in [5.74, 6) is -3.69. The molecule has 146 valence electrons. The summed E-state index contributed by atoms with van der Waals surface area (Å²) < 4.78 is 13.3. The number of amides is 2. The van der Waals surface area contributed by atoms with Crippen LogP contribution in [0.2, 0.25) is 5.02 Å². The van der Waals surface area contributed by atoms with Crippen LogP contribution in [0.3, 0.4) is 0 Å². The maximum Gasteiger partial charge on any atom is 0.347 e. The van der Waals surface area contributed by atoms with E-state index in [0.717, 1.165) is 29.8 Å². The predicted octanol–water partition coefficient (Wildman–Crippen LogP) is 1.70. The Morgan fingerprint density at radius 1 is 1.11 bits per heavy atom. The van der Waals surface area contributed by atoms with E-state index in [1.54, 1.807) is 12.1 Å². The number of fused-ring (bicyclic) bond motifs is 1. The Morgan fingerprint density at radius 2 is 1.86 bits per heavy atom. The fourth-order valence-corrected chi connectivity index (χ4v) is 3.16. The largest absolute Gasteiger partial charge is 0.478 e. The molecule has 1 atom stereocenters. The molecule has 0 aromatic heterocycles. The summed E-state index contributed by atoms with van der Waals surface area (Å²) in [4.78, 5) is 36.2. The van der Waals surface area contributed by atoms with E-state index in [-0.39, 0.29) is 16.1 Å². The topological polar surface area (TPSA) is 108 Å². The van der Waals surface area contributed by atoms with E-state index in [1.165, 1.54) is 12.1 Å². The van der Waals surface area contributed by atoms with Crippen molar-refractivity contribution in [2.45, 2.75) is 19.1 Å². The standard InChI is InChI=1S/C19H17ClFN3O4/c20-15-8-12-9-22-5-4-10(12)7-14(15)18(26)24-16(19(27)28)23-17(25)11-2-1-3-13(21)6-11/h1-3,6-8,16,22H,4-5,9H2,(H,23,25)(H,24,26)(H,27,28). The van der Waals surface area contributed by atoms with Crippen LogP contribution >= 0.6 is 11.6 Å². The van der Waals surface area contributed by atoms with Crippen LogP contribution in [-0.4, -0.2) is 35.6 Å². The second-order valence-corrected chi connectivity index (χ2v) is 6.66.